The third kappa shape index (κ3) is 5.57. The molecule has 1 saturated carbocycles. The summed E-state index contributed by atoms with van der Waals surface area (Å²) in [6.45, 7) is 3.73. The van der Waals surface area contributed by atoms with Crippen LogP contribution in [-0.2, 0) is 20.8 Å². The van der Waals surface area contributed by atoms with Crippen molar-refractivity contribution in [1.29, 1.82) is 0 Å². The van der Waals surface area contributed by atoms with Crippen molar-refractivity contribution in [2.45, 2.75) is 38.0 Å². The Morgan fingerprint density at radius 3 is 2.78 bits per heavy atom. The normalized spacial score (nSPS) is 19.6. The average molecular weight is 378 g/mol. The van der Waals surface area contributed by atoms with Crippen molar-refractivity contribution >= 4 is 5.91 Å². The summed E-state index contributed by atoms with van der Waals surface area (Å²) < 4.78 is 22.0. The molecule has 150 valence electrons. The number of ether oxygens (including phenoxy) is 4. The van der Waals surface area contributed by atoms with Gasteiger partial charge < -0.3 is 29.2 Å². The van der Waals surface area contributed by atoms with Gasteiger partial charge in [0.05, 0.1) is 20.3 Å². The summed E-state index contributed by atoms with van der Waals surface area (Å²) in [4.78, 5) is 14.9. The highest BCUT2D eigenvalue weighted by atomic mass is 16.5. The van der Waals surface area contributed by atoms with Crippen molar-refractivity contribution in [1.82, 2.24) is 10.2 Å². The van der Waals surface area contributed by atoms with Gasteiger partial charge in [-0.05, 0) is 30.5 Å². The van der Waals surface area contributed by atoms with E-state index >= 15 is 0 Å². The average Bonchev–Trinajstić information content (AvgIpc) is 3.55. The van der Waals surface area contributed by atoms with Crippen LogP contribution >= 0.6 is 0 Å². The van der Waals surface area contributed by atoms with Gasteiger partial charge in [-0.25, -0.2) is 0 Å². The van der Waals surface area contributed by atoms with E-state index in [1.807, 2.05) is 23.1 Å². The molecule has 0 bridgehead atoms. The van der Waals surface area contributed by atoms with Crippen LogP contribution in [0.3, 0.4) is 0 Å². The van der Waals surface area contributed by atoms with E-state index in [1.165, 1.54) is 0 Å². The number of rotatable bonds is 10. The lowest BCUT2D eigenvalue weighted by Gasteiger charge is -2.30. The van der Waals surface area contributed by atoms with Gasteiger partial charge in [0.2, 0.25) is 0 Å². The number of benzene rings is 1. The van der Waals surface area contributed by atoms with Gasteiger partial charge in [-0.1, -0.05) is 6.07 Å². The number of nitrogens with one attached hydrogen (secondary N) is 1. The summed E-state index contributed by atoms with van der Waals surface area (Å²) in [5, 5.41) is 3.23. The molecule has 1 aliphatic heterocycles. The molecule has 0 aromatic heterocycles. The van der Waals surface area contributed by atoms with Gasteiger partial charge in [-0.15, -0.1) is 0 Å². The highest BCUT2D eigenvalue weighted by Gasteiger charge is 2.36. The minimum absolute atomic E-state index is 0.0723. The molecule has 1 N–H and O–H groups in total. The van der Waals surface area contributed by atoms with E-state index in [4.69, 9.17) is 18.9 Å². The number of amides is 1. The maximum absolute atomic E-state index is 12.9. The third-order valence-electron chi connectivity index (χ3n) is 4.81. The second-order valence-corrected chi connectivity index (χ2v) is 6.94. The lowest BCUT2D eigenvalue weighted by molar-refractivity contribution is -0.146. The quantitative estimate of drug-likeness (QED) is 0.624. The van der Waals surface area contributed by atoms with Crippen LogP contribution in [-0.4, -0.2) is 70.1 Å². The van der Waals surface area contributed by atoms with Gasteiger partial charge >= 0.3 is 0 Å². The Labute approximate surface area is 160 Å². The summed E-state index contributed by atoms with van der Waals surface area (Å²) in [6, 6.07) is 6.17. The van der Waals surface area contributed by atoms with Crippen LogP contribution in [0.5, 0.6) is 11.5 Å². The van der Waals surface area contributed by atoms with Crippen LogP contribution in [0.2, 0.25) is 0 Å². The smallest absolute Gasteiger partial charge is 0.253 e. The summed E-state index contributed by atoms with van der Waals surface area (Å²) in [7, 11) is 3.31. The lowest BCUT2D eigenvalue weighted by atomic mass is 10.1. The Balaban J connectivity index is 1.67. The second kappa shape index (κ2) is 9.92. The fraction of sp³-hybridized carbons (Fsp3) is 0.650. The van der Waals surface area contributed by atoms with Crippen LogP contribution < -0.4 is 14.8 Å². The molecule has 0 spiro atoms. The molecule has 7 heteroatoms. The van der Waals surface area contributed by atoms with Crippen molar-refractivity contribution in [3.05, 3.63) is 23.8 Å². The van der Waals surface area contributed by atoms with Gasteiger partial charge in [0.15, 0.2) is 11.5 Å². The first-order valence-corrected chi connectivity index (χ1v) is 9.64. The molecule has 1 aromatic rings. The molecule has 1 amide bonds. The largest absolute Gasteiger partial charge is 0.493 e. The second-order valence-electron chi connectivity index (χ2n) is 6.94. The van der Waals surface area contributed by atoms with E-state index in [2.05, 4.69) is 5.32 Å². The molecule has 7 nitrogen and oxygen atoms in total. The van der Waals surface area contributed by atoms with Crippen LogP contribution in [0, 0.1) is 0 Å². The highest BCUT2D eigenvalue weighted by Crippen LogP contribution is 2.32. The van der Waals surface area contributed by atoms with Crippen LogP contribution in [0.4, 0.5) is 0 Å². The zero-order valence-corrected chi connectivity index (χ0v) is 16.2. The Hall–Kier alpha value is -1.83. The summed E-state index contributed by atoms with van der Waals surface area (Å²) in [5.41, 5.74) is 1.03. The summed E-state index contributed by atoms with van der Waals surface area (Å²) in [5.74, 6) is 1.47. The van der Waals surface area contributed by atoms with E-state index in [9.17, 15) is 4.79 Å². The van der Waals surface area contributed by atoms with E-state index in [-0.39, 0.29) is 12.0 Å². The molecule has 1 aromatic carbocycles. The number of nitrogens with zero attached hydrogens (tertiary/aromatic N) is 1. The lowest BCUT2D eigenvalue weighted by Crippen LogP contribution is -2.49. The monoisotopic (exact) mass is 378 g/mol. The minimum atomic E-state index is -0.387. The standard InChI is InChI=1S/C20H30N2O5/c1-24-9-3-10-26-18-12-15(4-7-17(18)25-2)14-22(16-5-6-16)20(23)19-13-21-8-11-27-19/h4,7,12,16,19,21H,3,5-6,8-11,13-14H2,1-2H3/t19-/m0/s1. The predicted molar refractivity (Wildman–Crippen MR) is 101 cm³/mol. The summed E-state index contributed by atoms with van der Waals surface area (Å²) in [6.07, 6.45) is 2.54. The fourth-order valence-corrected chi connectivity index (χ4v) is 3.20. The van der Waals surface area contributed by atoms with Gasteiger partial charge in [0.1, 0.15) is 6.10 Å². The maximum Gasteiger partial charge on any atom is 0.253 e. The van der Waals surface area contributed by atoms with E-state index in [0.717, 1.165) is 31.4 Å². The number of hydrogen-bond donors (Lipinski definition) is 1. The molecule has 2 aliphatic rings. The first-order chi connectivity index (χ1) is 13.2. The number of carbonyl (C=O) groups excluding carboxylic acids is 1. The highest BCUT2D eigenvalue weighted by molar-refractivity contribution is 5.82. The predicted octanol–water partition coefficient (Wildman–Crippen LogP) is 1.59. The first-order valence-electron chi connectivity index (χ1n) is 9.64. The Bertz CT molecular complexity index is 614. The molecule has 1 heterocycles. The minimum Gasteiger partial charge on any atom is -0.493 e. The van der Waals surface area contributed by atoms with Crippen LogP contribution in [0.15, 0.2) is 18.2 Å². The van der Waals surface area contributed by atoms with E-state index in [1.54, 1.807) is 14.2 Å². The molecule has 27 heavy (non-hydrogen) atoms. The molecule has 0 radical (unpaired) electrons. The first kappa shape index (κ1) is 19.9. The van der Waals surface area contributed by atoms with Crippen LogP contribution in [0.25, 0.3) is 0 Å². The van der Waals surface area contributed by atoms with Crippen molar-refractivity contribution in [3.63, 3.8) is 0 Å². The van der Waals surface area contributed by atoms with E-state index in [0.29, 0.717) is 50.5 Å². The Morgan fingerprint density at radius 2 is 2.11 bits per heavy atom. The third-order valence-corrected chi connectivity index (χ3v) is 4.81. The van der Waals surface area contributed by atoms with Crippen LogP contribution in [0.1, 0.15) is 24.8 Å². The summed E-state index contributed by atoms with van der Waals surface area (Å²) >= 11 is 0. The number of methoxy groups -OCH3 is 2. The molecule has 1 atom stereocenters. The van der Waals surface area contributed by atoms with Crippen molar-refractivity contribution < 1.29 is 23.7 Å². The van der Waals surface area contributed by atoms with Crippen molar-refractivity contribution in [3.8, 4) is 11.5 Å². The number of morpholine rings is 1. The number of hydrogen-bond acceptors (Lipinski definition) is 6. The zero-order valence-electron chi connectivity index (χ0n) is 16.2. The molecule has 0 unspecified atom stereocenters. The SMILES string of the molecule is COCCCOc1cc(CN(C(=O)[C@@H]2CNCCO2)C2CC2)ccc1OC. The van der Waals surface area contributed by atoms with E-state index < -0.39 is 0 Å². The Morgan fingerprint density at radius 1 is 1.26 bits per heavy atom. The molecule has 3 rings (SSSR count). The zero-order chi connectivity index (χ0) is 19.1. The van der Waals surface area contributed by atoms with Gasteiger partial charge in [-0.2, -0.15) is 0 Å². The molecule has 1 saturated heterocycles. The van der Waals surface area contributed by atoms with Crippen molar-refractivity contribution in [2.75, 3.05) is 47.1 Å². The Kier molecular flexibility index (Phi) is 7.32. The molecular weight excluding hydrogens is 348 g/mol. The molecule has 1 aliphatic carbocycles. The molecule has 2 fully saturated rings. The fourth-order valence-electron chi connectivity index (χ4n) is 3.20. The maximum atomic E-state index is 12.9. The van der Waals surface area contributed by atoms with Gasteiger partial charge in [0.25, 0.3) is 5.91 Å². The van der Waals surface area contributed by atoms with Gasteiger partial charge in [-0.3, -0.25) is 4.79 Å². The number of carbonyl (C=O) groups is 1. The topological polar surface area (TPSA) is 69.3 Å². The molecular formula is C20H30N2O5. The van der Waals surface area contributed by atoms with Crippen molar-refractivity contribution in [2.24, 2.45) is 0 Å². The van der Waals surface area contributed by atoms with Gasteiger partial charge in [0, 0.05) is 45.8 Å².